The topological polar surface area (TPSA) is 55.2 Å². The Labute approximate surface area is 163 Å². The number of benzene rings is 2. The van der Waals surface area contributed by atoms with Crippen LogP contribution in [0, 0.1) is 0 Å². The first-order valence-electron chi connectivity index (χ1n) is 7.60. The SMILES string of the molecule is Cn1c(/C=C2/SC(=O)N(c3ccc(Cl)c(Cl)c3)C2=O)nc2ccccc21. The van der Waals surface area contributed by atoms with Crippen molar-refractivity contribution in [3.8, 4) is 0 Å². The van der Waals surface area contributed by atoms with Gasteiger partial charge in [-0.2, -0.15) is 0 Å². The van der Waals surface area contributed by atoms with E-state index in [9.17, 15) is 9.59 Å². The molecule has 2 heterocycles. The maximum Gasteiger partial charge on any atom is 0.298 e. The number of hydrogen-bond acceptors (Lipinski definition) is 4. The standard InChI is InChI=1S/C18H11Cl2N3O2S/c1-22-14-5-3-2-4-13(14)21-16(22)9-15-17(24)23(18(25)26-15)10-6-7-11(19)12(20)8-10/h2-9H,1H3/b15-9+. The molecule has 1 fully saturated rings. The van der Waals surface area contributed by atoms with Crippen LogP contribution in [-0.2, 0) is 11.8 Å². The Hall–Kier alpha value is -2.28. The molecule has 8 heteroatoms. The largest absolute Gasteiger partial charge is 0.328 e. The smallest absolute Gasteiger partial charge is 0.298 e. The van der Waals surface area contributed by atoms with Gasteiger partial charge in [-0.1, -0.05) is 35.3 Å². The van der Waals surface area contributed by atoms with Crippen molar-refractivity contribution in [2.24, 2.45) is 7.05 Å². The molecular weight excluding hydrogens is 393 g/mol. The van der Waals surface area contributed by atoms with Crippen molar-refractivity contribution in [2.45, 2.75) is 0 Å². The van der Waals surface area contributed by atoms with E-state index in [1.807, 2.05) is 35.9 Å². The number of imide groups is 1. The zero-order chi connectivity index (χ0) is 18.4. The van der Waals surface area contributed by atoms with Crippen LogP contribution in [0.25, 0.3) is 17.1 Å². The van der Waals surface area contributed by atoms with E-state index in [-0.39, 0.29) is 5.02 Å². The van der Waals surface area contributed by atoms with Crippen LogP contribution in [0.3, 0.4) is 0 Å². The monoisotopic (exact) mass is 403 g/mol. The number of aryl methyl sites for hydroxylation is 1. The van der Waals surface area contributed by atoms with E-state index in [0.29, 0.717) is 21.4 Å². The number of halogens is 2. The van der Waals surface area contributed by atoms with E-state index in [0.717, 1.165) is 27.7 Å². The quantitative estimate of drug-likeness (QED) is 0.557. The first-order valence-corrected chi connectivity index (χ1v) is 9.17. The maximum absolute atomic E-state index is 12.7. The third kappa shape index (κ3) is 2.80. The number of aromatic nitrogens is 2. The number of fused-ring (bicyclic) bond motifs is 1. The summed E-state index contributed by atoms with van der Waals surface area (Å²) in [7, 11) is 1.87. The van der Waals surface area contributed by atoms with Gasteiger partial charge in [0.1, 0.15) is 5.82 Å². The summed E-state index contributed by atoms with van der Waals surface area (Å²) in [6.45, 7) is 0. The van der Waals surface area contributed by atoms with E-state index in [1.54, 1.807) is 18.2 Å². The van der Waals surface area contributed by atoms with Gasteiger partial charge in [0, 0.05) is 13.1 Å². The molecule has 1 aliphatic heterocycles. The molecule has 5 nitrogen and oxygen atoms in total. The van der Waals surface area contributed by atoms with Gasteiger partial charge in [0.15, 0.2) is 0 Å². The second-order valence-corrected chi connectivity index (χ2v) is 7.44. The minimum atomic E-state index is -0.412. The van der Waals surface area contributed by atoms with Gasteiger partial charge in [-0.25, -0.2) is 9.88 Å². The molecule has 4 rings (SSSR count). The summed E-state index contributed by atoms with van der Waals surface area (Å²) in [6, 6.07) is 12.3. The molecule has 0 N–H and O–H groups in total. The number of carbonyl (C=O) groups excluding carboxylic acids is 2. The van der Waals surface area contributed by atoms with E-state index >= 15 is 0 Å². The maximum atomic E-state index is 12.7. The number of hydrogen-bond donors (Lipinski definition) is 0. The molecule has 0 unspecified atom stereocenters. The summed E-state index contributed by atoms with van der Waals surface area (Å²) < 4.78 is 1.88. The van der Waals surface area contributed by atoms with Gasteiger partial charge in [-0.05, 0) is 42.1 Å². The lowest BCUT2D eigenvalue weighted by molar-refractivity contribution is -0.113. The first kappa shape index (κ1) is 17.1. The number of thioether (sulfide) groups is 1. The van der Waals surface area contributed by atoms with Crippen LogP contribution in [0.15, 0.2) is 47.4 Å². The van der Waals surface area contributed by atoms with Crippen molar-refractivity contribution in [3.63, 3.8) is 0 Å². The number of rotatable bonds is 2. The molecule has 0 bridgehead atoms. The number of amides is 2. The number of imidazole rings is 1. The molecule has 26 heavy (non-hydrogen) atoms. The number of nitrogens with zero attached hydrogens (tertiary/aromatic N) is 3. The highest BCUT2D eigenvalue weighted by atomic mass is 35.5. The zero-order valence-electron chi connectivity index (χ0n) is 13.4. The summed E-state index contributed by atoms with van der Waals surface area (Å²) in [6.07, 6.45) is 1.63. The lowest BCUT2D eigenvalue weighted by atomic mass is 10.3. The minimum absolute atomic E-state index is 0.280. The van der Waals surface area contributed by atoms with Crippen molar-refractivity contribution >= 4 is 68.9 Å². The molecule has 1 aliphatic rings. The Balaban J connectivity index is 1.73. The van der Waals surface area contributed by atoms with Crippen molar-refractivity contribution in [1.82, 2.24) is 9.55 Å². The average Bonchev–Trinajstić information content (AvgIpc) is 3.08. The fourth-order valence-corrected chi connectivity index (χ4v) is 3.83. The molecule has 0 radical (unpaired) electrons. The molecule has 130 valence electrons. The van der Waals surface area contributed by atoms with Crippen LogP contribution in [0.5, 0.6) is 0 Å². The Kier molecular flexibility index (Phi) is 4.26. The van der Waals surface area contributed by atoms with Crippen molar-refractivity contribution in [1.29, 1.82) is 0 Å². The highest BCUT2D eigenvalue weighted by Crippen LogP contribution is 2.37. The Morgan fingerprint density at radius 1 is 1.08 bits per heavy atom. The summed E-state index contributed by atoms with van der Waals surface area (Å²) in [5.74, 6) is 0.191. The van der Waals surface area contributed by atoms with E-state index in [1.165, 1.54) is 6.07 Å². The molecule has 1 aromatic heterocycles. The number of para-hydroxylation sites is 2. The molecule has 0 aliphatic carbocycles. The summed E-state index contributed by atoms with van der Waals surface area (Å²) in [5.41, 5.74) is 2.16. The Morgan fingerprint density at radius 2 is 1.85 bits per heavy atom. The van der Waals surface area contributed by atoms with Gasteiger partial charge in [0.25, 0.3) is 11.1 Å². The van der Waals surface area contributed by atoms with Gasteiger partial charge < -0.3 is 4.57 Å². The second kappa shape index (κ2) is 6.46. The van der Waals surface area contributed by atoms with E-state index < -0.39 is 11.1 Å². The normalized spacial score (nSPS) is 16.3. The number of carbonyl (C=O) groups is 2. The van der Waals surface area contributed by atoms with Crippen LogP contribution >= 0.6 is 35.0 Å². The van der Waals surface area contributed by atoms with Crippen LogP contribution in [0.4, 0.5) is 10.5 Å². The number of anilines is 1. The molecule has 2 amide bonds. The highest BCUT2D eigenvalue weighted by molar-refractivity contribution is 8.19. The molecule has 0 spiro atoms. The van der Waals surface area contributed by atoms with Gasteiger partial charge in [-0.3, -0.25) is 9.59 Å². The molecule has 3 aromatic rings. The van der Waals surface area contributed by atoms with Gasteiger partial charge in [-0.15, -0.1) is 0 Å². The van der Waals surface area contributed by atoms with Gasteiger partial charge >= 0.3 is 0 Å². The fraction of sp³-hybridized carbons (Fsp3) is 0.0556. The van der Waals surface area contributed by atoms with Crippen LogP contribution < -0.4 is 4.90 Å². The minimum Gasteiger partial charge on any atom is -0.328 e. The molecule has 0 saturated carbocycles. The fourth-order valence-electron chi connectivity index (χ4n) is 2.72. The molecule has 0 atom stereocenters. The lowest BCUT2D eigenvalue weighted by Crippen LogP contribution is -2.27. The predicted octanol–water partition coefficient (Wildman–Crippen LogP) is 5.12. The third-order valence-electron chi connectivity index (χ3n) is 4.04. The van der Waals surface area contributed by atoms with Crippen LogP contribution in [0.1, 0.15) is 5.82 Å². The zero-order valence-corrected chi connectivity index (χ0v) is 15.8. The highest BCUT2D eigenvalue weighted by Gasteiger charge is 2.36. The first-order chi connectivity index (χ1) is 12.5. The average molecular weight is 404 g/mol. The molecule has 2 aromatic carbocycles. The van der Waals surface area contributed by atoms with Crippen LogP contribution in [-0.4, -0.2) is 20.7 Å². The van der Waals surface area contributed by atoms with E-state index in [2.05, 4.69) is 4.98 Å². The van der Waals surface area contributed by atoms with Crippen molar-refractivity contribution in [2.75, 3.05) is 4.90 Å². The van der Waals surface area contributed by atoms with Gasteiger partial charge in [0.05, 0.1) is 31.7 Å². The van der Waals surface area contributed by atoms with E-state index in [4.69, 9.17) is 23.2 Å². The predicted molar refractivity (Wildman–Crippen MR) is 106 cm³/mol. The van der Waals surface area contributed by atoms with Gasteiger partial charge in [0.2, 0.25) is 0 Å². The summed E-state index contributed by atoms with van der Waals surface area (Å²) in [4.78, 5) is 31.0. The summed E-state index contributed by atoms with van der Waals surface area (Å²) >= 11 is 12.8. The van der Waals surface area contributed by atoms with Crippen LogP contribution in [0.2, 0.25) is 10.0 Å². The molecular formula is C18H11Cl2N3O2S. The Bertz CT molecular complexity index is 1110. The molecule has 1 saturated heterocycles. The second-order valence-electron chi connectivity index (χ2n) is 5.63. The Morgan fingerprint density at radius 3 is 2.58 bits per heavy atom. The van der Waals surface area contributed by atoms with Crippen molar-refractivity contribution < 1.29 is 9.59 Å². The lowest BCUT2D eigenvalue weighted by Gasteiger charge is -2.13. The van der Waals surface area contributed by atoms with Crippen molar-refractivity contribution in [3.05, 3.63) is 63.2 Å². The summed E-state index contributed by atoms with van der Waals surface area (Å²) in [5, 5.41) is 0.249. The third-order valence-corrected chi connectivity index (χ3v) is 5.65.